The standard InChI is InChI=1S/C13H17N3O4S/c1-9-2-3-11(13(17)18)12(14-9)15-5-6-16-10(8-15)4-7-21(16,19)20/h2-3,10H,4-8H2,1H3,(H,17,18). The van der Waals surface area contributed by atoms with E-state index < -0.39 is 16.0 Å². The Hall–Kier alpha value is -1.67. The molecule has 1 aromatic rings. The highest BCUT2D eigenvalue weighted by Gasteiger charge is 2.41. The van der Waals surface area contributed by atoms with Crippen LogP contribution in [0.3, 0.4) is 0 Å². The predicted octanol–water partition coefficient (Wildman–Crippen LogP) is 0.312. The van der Waals surface area contributed by atoms with Crippen LogP contribution in [0.2, 0.25) is 0 Å². The third kappa shape index (κ3) is 2.49. The highest BCUT2D eigenvalue weighted by molar-refractivity contribution is 7.89. The summed E-state index contributed by atoms with van der Waals surface area (Å²) < 4.78 is 25.3. The molecule has 2 aliphatic rings. The number of carboxylic acid groups (broad SMARTS) is 1. The van der Waals surface area contributed by atoms with Crippen LogP contribution in [0.15, 0.2) is 12.1 Å². The van der Waals surface area contributed by atoms with E-state index in [9.17, 15) is 18.3 Å². The number of piperazine rings is 1. The largest absolute Gasteiger partial charge is 0.478 e. The smallest absolute Gasteiger partial charge is 0.339 e. The molecular formula is C13H17N3O4S. The minimum absolute atomic E-state index is 0.0762. The van der Waals surface area contributed by atoms with E-state index >= 15 is 0 Å². The molecule has 1 atom stereocenters. The molecule has 114 valence electrons. The minimum atomic E-state index is -3.12. The van der Waals surface area contributed by atoms with Gasteiger partial charge < -0.3 is 10.0 Å². The maximum absolute atomic E-state index is 11.9. The van der Waals surface area contributed by atoms with E-state index in [-0.39, 0.29) is 17.4 Å². The van der Waals surface area contributed by atoms with Gasteiger partial charge >= 0.3 is 5.97 Å². The van der Waals surface area contributed by atoms with Crippen LogP contribution >= 0.6 is 0 Å². The minimum Gasteiger partial charge on any atom is -0.478 e. The number of aromatic carboxylic acids is 1. The molecule has 3 heterocycles. The topological polar surface area (TPSA) is 90.8 Å². The van der Waals surface area contributed by atoms with E-state index in [4.69, 9.17) is 0 Å². The first-order valence-electron chi connectivity index (χ1n) is 6.84. The lowest BCUT2D eigenvalue weighted by Gasteiger charge is -2.37. The lowest BCUT2D eigenvalue weighted by atomic mass is 10.1. The summed E-state index contributed by atoms with van der Waals surface area (Å²) in [6, 6.07) is 3.15. The van der Waals surface area contributed by atoms with Crippen LogP contribution in [0.1, 0.15) is 22.5 Å². The number of pyridine rings is 1. The van der Waals surface area contributed by atoms with Crippen LogP contribution in [0.5, 0.6) is 0 Å². The Morgan fingerprint density at radius 3 is 2.86 bits per heavy atom. The van der Waals surface area contributed by atoms with Gasteiger partial charge in [-0.1, -0.05) is 0 Å². The van der Waals surface area contributed by atoms with E-state index in [1.807, 2.05) is 11.8 Å². The van der Waals surface area contributed by atoms with Crippen molar-refractivity contribution in [2.75, 3.05) is 30.3 Å². The van der Waals surface area contributed by atoms with Crippen molar-refractivity contribution in [3.8, 4) is 0 Å². The Bertz CT molecular complexity index is 689. The first-order chi connectivity index (χ1) is 9.88. The van der Waals surface area contributed by atoms with Gasteiger partial charge in [0, 0.05) is 31.4 Å². The Labute approximate surface area is 123 Å². The van der Waals surface area contributed by atoms with E-state index in [0.29, 0.717) is 31.9 Å². The molecule has 1 unspecified atom stereocenters. The Kier molecular flexibility index (Phi) is 3.37. The van der Waals surface area contributed by atoms with Gasteiger partial charge in [-0.05, 0) is 25.5 Å². The quantitative estimate of drug-likeness (QED) is 0.845. The van der Waals surface area contributed by atoms with Gasteiger partial charge in [-0.3, -0.25) is 0 Å². The van der Waals surface area contributed by atoms with Crippen LogP contribution in [-0.4, -0.2) is 60.2 Å². The molecule has 0 aromatic carbocycles. The van der Waals surface area contributed by atoms with Crippen LogP contribution in [0.25, 0.3) is 0 Å². The number of nitrogens with zero attached hydrogens (tertiary/aromatic N) is 3. The van der Waals surface area contributed by atoms with E-state index in [1.54, 1.807) is 16.4 Å². The summed E-state index contributed by atoms with van der Waals surface area (Å²) in [5.41, 5.74) is 0.909. The van der Waals surface area contributed by atoms with Crippen molar-refractivity contribution in [1.29, 1.82) is 0 Å². The molecule has 2 aliphatic heterocycles. The summed E-state index contributed by atoms with van der Waals surface area (Å²) in [4.78, 5) is 17.6. The fourth-order valence-electron chi connectivity index (χ4n) is 2.99. The summed E-state index contributed by atoms with van der Waals surface area (Å²) in [6.45, 7) is 3.16. The van der Waals surface area contributed by atoms with Crippen molar-refractivity contribution in [2.24, 2.45) is 0 Å². The Balaban J connectivity index is 1.90. The number of hydrogen-bond donors (Lipinski definition) is 1. The maximum atomic E-state index is 11.9. The number of carbonyl (C=O) groups is 1. The van der Waals surface area contributed by atoms with Gasteiger partial charge in [-0.25, -0.2) is 18.2 Å². The van der Waals surface area contributed by atoms with Gasteiger partial charge in [0.15, 0.2) is 0 Å². The Morgan fingerprint density at radius 1 is 1.38 bits per heavy atom. The summed E-state index contributed by atoms with van der Waals surface area (Å²) >= 11 is 0. The highest BCUT2D eigenvalue weighted by Crippen LogP contribution is 2.28. The number of aryl methyl sites for hydroxylation is 1. The number of carboxylic acids is 1. The summed E-state index contributed by atoms with van der Waals surface area (Å²) in [5, 5.41) is 9.28. The van der Waals surface area contributed by atoms with Crippen molar-refractivity contribution < 1.29 is 18.3 Å². The number of anilines is 1. The first kappa shape index (κ1) is 14.3. The maximum Gasteiger partial charge on any atom is 0.339 e. The number of fused-ring (bicyclic) bond motifs is 1. The van der Waals surface area contributed by atoms with Gasteiger partial charge in [0.25, 0.3) is 0 Å². The van der Waals surface area contributed by atoms with Crippen molar-refractivity contribution in [1.82, 2.24) is 9.29 Å². The second-order valence-corrected chi connectivity index (χ2v) is 7.49. The van der Waals surface area contributed by atoms with E-state index in [1.165, 1.54) is 0 Å². The van der Waals surface area contributed by atoms with Crippen LogP contribution in [-0.2, 0) is 10.0 Å². The third-order valence-electron chi connectivity index (χ3n) is 4.04. The molecule has 21 heavy (non-hydrogen) atoms. The zero-order chi connectivity index (χ0) is 15.2. The van der Waals surface area contributed by atoms with Crippen molar-refractivity contribution in [2.45, 2.75) is 19.4 Å². The molecule has 0 aliphatic carbocycles. The first-order valence-corrected chi connectivity index (χ1v) is 8.45. The zero-order valence-electron chi connectivity index (χ0n) is 11.7. The monoisotopic (exact) mass is 311 g/mol. The molecule has 2 saturated heterocycles. The summed E-state index contributed by atoms with van der Waals surface area (Å²) in [6.07, 6.45) is 0.590. The van der Waals surface area contributed by atoms with Crippen molar-refractivity contribution >= 4 is 21.8 Å². The summed E-state index contributed by atoms with van der Waals surface area (Å²) in [5.74, 6) is -0.399. The second kappa shape index (κ2) is 4.96. The molecule has 0 amide bonds. The fourth-order valence-corrected chi connectivity index (χ4v) is 4.78. The van der Waals surface area contributed by atoms with Crippen LogP contribution in [0, 0.1) is 6.92 Å². The molecule has 1 N–H and O–H groups in total. The van der Waals surface area contributed by atoms with Gasteiger partial charge in [-0.2, -0.15) is 4.31 Å². The number of aromatic nitrogens is 1. The van der Waals surface area contributed by atoms with Gasteiger partial charge in [0.1, 0.15) is 11.4 Å². The fraction of sp³-hybridized carbons (Fsp3) is 0.538. The lowest BCUT2D eigenvalue weighted by Crippen LogP contribution is -2.52. The molecule has 0 radical (unpaired) electrons. The predicted molar refractivity (Wildman–Crippen MR) is 77.0 cm³/mol. The normalized spacial score (nSPS) is 24.8. The molecule has 7 nitrogen and oxygen atoms in total. The SMILES string of the molecule is Cc1ccc(C(=O)O)c(N2CCN3C(CCS3(=O)=O)C2)n1. The van der Waals surface area contributed by atoms with Gasteiger partial charge in [0.05, 0.1) is 5.75 Å². The average molecular weight is 311 g/mol. The molecule has 8 heteroatoms. The zero-order valence-corrected chi connectivity index (χ0v) is 12.5. The van der Waals surface area contributed by atoms with E-state index in [0.717, 1.165) is 5.69 Å². The average Bonchev–Trinajstić information content (AvgIpc) is 2.74. The van der Waals surface area contributed by atoms with Crippen LogP contribution < -0.4 is 4.90 Å². The molecule has 3 rings (SSSR count). The molecule has 0 bridgehead atoms. The highest BCUT2D eigenvalue weighted by atomic mass is 32.2. The van der Waals surface area contributed by atoms with Crippen molar-refractivity contribution in [3.05, 3.63) is 23.4 Å². The molecular weight excluding hydrogens is 294 g/mol. The molecule has 1 aromatic heterocycles. The molecule has 0 saturated carbocycles. The van der Waals surface area contributed by atoms with Gasteiger partial charge in [-0.15, -0.1) is 0 Å². The number of rotatable bonds is 2. The van der Waals surface area contributed by atoms with Crippen molar-refractivity contribution in [3.63, 3.8) is 0 Å². The molecule has 2 fully saturated rings. The van der Waals surface area contributed by atoms with Crippen LogP contribution in [0.4, 0.5) is 5.82 Å². The molecule has 0 spiro atoms. The lowest BCUT2D eigenvalue weighted by molar-refractivity contribution is 0.0697. The second-order valence-electron chi connectivity index (χ2n) is 5.44. The number of sulfonamides is 1. The van der Waals surface area contributed by atoms with E-state index in [2.05, 4.69) is 4.98 Å². The summed E-state index contributed by atoms with van der Waals surface area (Å²) in [7, 11) is -3.12. The Morgan fingerprint density at radius 2 is 2.14 bits per heavy atom. The number of hydrogen-bond acceptors (Lipinski definition) is 5. The van der Waals surface area contributed by atoms with Gasteiger partial charge in [0.2, 0.25) is 10.0 Å². The third-order valence-corrected chi connectivity index (χ3v) is 5.99.